The lowest BCUT2D eigenvalue weighted by molar-refractivity contribution is -0.130. The zero-order valence-corrected chi connectivity index (χ0v) is 12.7. The van der Waals surface area contributed by atoms with E-state index >= 15 is 0 Å². The van der Waals surface area contributed by atoms with Gasteiger partial charge in [-0.15, -0.1) is 11.3 Å². The largest absolute Gasteiger partial charge is 0.477 e. The molecule has 6 nitrogen and oxygen atoms in total. The third-order valence-electron chi connectivity index (χ3n) is 2.52. The Bertz CT molecular complexity index is 543. The molecule has 0 aromatic carbocycles. The minimum absolute atomic E-state index is 0.0815. The third kappa shape index (κ3) is 4.06. The van der Waals surface area contributed by atoms with Gasteiger partial charge in [0, 0.05) is 5.41 Å². The molecule has 0 saturated carbocycles. The summed E-state index contributed by atoms with van der Waals surface area (Å²) in [6.45, 7) is 6.75. The molecular formula is C13H18N2O4S. The topological polar surface area (TPSA) is 95.5 Å². The Morgan fingerprint density at radius 2 is 1.90 bits per heavy atom. The van der Waals surface area contributed by atoms with Crippen LogP contribution in [0.15, 0.2) is 5.38 Å². The first-order valence-electron chi connectivity index (χ1n) is 6.02. The zero-order chi connectivity index (χ0) is 15.5. The number of carbonyl (C=O) groups is 3. The maximum absolute atomic E-state index is 11.8. The maximum Gasteiger partial charge on any atom is 0.348 e. The molecule has 1 aromatic heterocycles. The molecule has 0 fully saturated rings. The van der Waals surface area contributed by atoms with Gasteiger partial charge in [0.25, 0.3) is 0 Å². The van der Waals surface area contributed by atoms with Crippen LogP contribution in [-0.4, -0.2) is 29.4 Å². The summed E-state index contributed by atoms with van der Waals surface area (Å²) in [5.74, 6) is -1.78. The van der Waals surface area contributed by atoms with E-state index in [4.69, 9.17) is 5.11 Å². The molecule has 0 aliphatic rings. The van der Waals surface area contributed by atoms with Crippen LogP contribution in [0.3, 0.4) is 0 Å². The van der Waals surface area contributed by atoms with Crippen molar-refractivity contribution < 1.29 is 19.5 Å². The molecule has 0 radical (unpaired) electrons. The SMILES string of the molecule is Cc1csc(C(=O)O)c1NC(=O)CNC(=O)C(C)(C)C. The fourth-order valence-electron chi connectivity index (χ4n) is 1.37. The second kappa shape index (κ2) is 6.04. The van der Waals surface area contributed by atoms with Gasteiger partial charge in [-0.05, 0) is 17.9 Å². The number of hydrogen-bond donors (Lipinski definition) is 3. The fourth-order valence-corrected chi connectivity index (χ4v) is 2.21. The second-order valence-corrected chi connectivity index (χ2v) is 6.29. The summed E-state index contributed by atoms with van der Waals surface area (Å²) in [6, 6.07) is 0. The summed E-state index contributed by atoms with van der Waals surface area (Å²) in [7, 11) is 0. The first-order valence-corrected chi connectivity index (χ1v) is 6.90. The number of anilines is 1. The van der Waals surface area contributed by atoms with E-state index in [1.807, 2.05) is 0 Å². The van der Waals surface area contributed by atoms with Gasteiger partial charge >= 0.3 is 5.97 Å². The highest BCUT2D eigenvalue weighted by molar-refractivity contribution is 7.12. The molecule has 0 saturated heterocycles. The van der Waals surface area contributed by atoms with Crippen molar-refractivity contribution in [2.75, 3.05) is 11.9 Å². The number of amides is 2. The number of hydrogen-bond acceptors (Lipinski definition) is 4. The predicted molar refractivity (Wildman–Crippen MR) is 77.1 cm³/mol. The Balaban J connectivity index is 2.66. The zero-order valence-electron chi connectivity index (χ0n) is 11.9. The molecule has 1 heterocycles. The van der Waals surface area contributed by atoms with Crippen molar-refractivity contribution >= 4 is 34.8 Å². The van der Waals surface area contributed by atoms with Gasteiger partial charge in [0.15, 0.2) is 0 Å². The van der Waals surface area contributed by atoms with Crippen LogP contribution in [0.4, 0.5) is 5.69 Å². The van der Waals surface area contributed by atoms with Gasteiger partial charge in [-0.1, -0.05) is 20.8 Å². The molecule has 0 aliphatic carbocycles. The van der Waals surface area contributed by atoms with E-state index in [1.54, 1.807) is 33.1 Å². The number of carboxylic acid groups (broad SMARTS) is 1. The lowest BCUT2D eigenvalue weighted by Crippen LogP contribution is -2.39. The van der Waals surface area contributed by atoms with Crippen molar-refractivity contribution in [2.24, 2.45) is 5.41 Å². The van der Waals surface area contributed by atoms with Crippen LogP contribution in [0.1, 0.15) is 36.0 Å². The Hall–Kier alpha value is -1.89. The van der Waals surface area contributed by atoms with Crippen LogP contribution in [-0.2, 0) is 9.59 Å². The molecule has 20 heavy (non-hydrogen) atoms. The Morgan fingerprint density at radius 3 is 2.40 bits per heavy atom. The summed E-state index contributed by atoms with van der Waals surface area (Å²) in [4.78, 5) is 34.5. The lowest BCUT2D eigenvalue weighted by Gasteiger charge is -2.17. The van der Waals surface area contributed by atoms with E-state index in [2.05, 4.69) is 10.6 Å². The highest BCUT2D eigenvalue weighted by atomic mass is 32.1. The van der Waals surface area contributed by atoms with Gasteiger partial charge in [0.2, 0.25) is 11.8 Å². The van der Waals surface area contributed by atoms with Crippen LogP contribution in [0.2, 0.25) is 0 Å². The average molecular weight is 298 g/mol. The highest BCUT2D eigenvalue weighted by Crippen LogP contribution is 2.27. The van der Waals surface area contributed by atoms with Crippen molar-refractivity contribution in [3.8, 4) is 0 Å². The molecule has 0 bridgehead atoms. The van der Waals surface area contributed by atoms with E-state index in [0.717, 1.165) is 11.3 Å². The van der Waals surface area contributed by atoms with Crippen molar-refractivity contribution in [1.82, 2.24) is 5.32 Å². The van der Waals surface area contributed by atoms with Crippen molar-refractivity contribution in [1.29, 1.82) is 0 Å². The molecule has 0 atom stereocenters. The molecule has 0 unspecified atom stereocenters. The summed E-state index contributed by atoms with van der Waals surface area (Å²) >= 11 is 1.05. The number of aromatic carboxylic acids is 1. The van der Waals surface area contributed by atoms with Gasteiger partial charge in [0.1, 0.15) is 4.88 Å². The van der Waals surface area contributed by atoms with Crippen molar-refractivity contribution in [2.45, 2.75) is 27.7 Å². The normalized spacial score (nSPS) is 11.0. The van der Waals surface area contributed by atoms with Gasteiger partial charge in [-0.2, -0.15) is 0 Å². The Kier molecular flexibility index (Phi) is 4.88. The van der Waals surface area contributed by atoms with Crippen molar-refractivity contribution in [3.63, 3.8) is 0 Å². The van der Waals surface area contributed by atoms with Gasteiger partial charge in [-0.3, -0.25) is 9.59 Å². The third-order valence-corrected chi connectivity index (χ3v) is 3.61. The first-order chi connectivity index (χ1) is 9.12. The van der Waals surface area contributed by atoms with E-state index in [9.17, 15) is 14.4 Å². The quantitative estimate of drug-likeness (QED) is 0.790. The smallest absolute Gasteiger partial charge is 0.348 e. The Labute approximate surface area is 121 Å². The molecule has 7 heteroatoms. The van der Waals surface area contributed by atoms with E-state index in [1.165, 1.54) is 0 Å². The van der Waals surface area contributed by atoms with Gasteiger partial charge in [-0.25, -0.2) is 4.79 Å². The summed E-state index contributed by atoms with van der Waals surface area (Å²) in [5, 5.41) is 15.7. The van der Waals surface area contributed by atoms with Gasteiger partial charge < -0.3 is 15.7 Å². The monoisotopic (exact) mass is 298 g/mol. The number of rotatable bonds is 4. The minimum Gasteiger partial charge on any atom is -0.477 e. The molecule has 3 N–H and O–H groups in total. The predicted octanol–water partition coefficient (Wildman–Crippen LogP) is 1.86. The van der Waals surface area contributed by atoms with E-state index in [0.29, 0.717) is 5.56 Å². The van der Waals surface area contributed by atoms with Crippen LogP contribution in [0, 0.1) is 12.3 Å². The first kappa shape index (κ1) is 16.2. The van der Waals surface area contributed by atoms with E-state index < -0.39 is 17.3 Å². The number of thiophene rings is 1. The summed E-state index contributed by atoms with van der Waals surface area (Å²) < 4.78 is 0. The molecule has 0 aliphatic heterocycles. The summed E-state index contributed by atoms with van der Waals surface area (Å²) in [5.41, 5.74) is 0.394. The Morgan fingerprint density at radius 1 is 1.30 bits per heavy atom. The highest BCUT2D eigenvalue weighted by Gasteiger charge is 2.22. The molecule has 110 valence electrons. The number of carboxylic acids is 1. The molecule has 1 aromatic rings. The molecule has 2 amide bonds. The van der Waals surface area contributed by atoms with Crippen LogP contribution >= 0.6 is 11.3 Å². The molecule has 0 spiro atoms. The van der Waals surface area contributed by atoms with E-state index in [-0.39, 0.29) is 23.0 Å². The van der Waals surface area contributed by atoms with Crippen LogP contribution in [0.25, 0.3) is 0 Å². The average Bonchev–Trinajstić information content (AvgIpc) is 2.67. The minimum atomic E-state index is -1.09. The molecule has 1 rings (SSSR count). The standard InChI is InChI=1S/C13H18N2O4S/c1-7-6-20-10(11(17)18)9(7)15-8(16)5-14-12(19)13(2,3)4/h6H,5H2,1-4H3,(H,14,19)(H,15,16)(H,17,18). The number of nitrogens with one attached hydrogen (secondary N) is 2. The summed E-state index contributed by atoms with van der Waals surface area (Å²) in [6.07, 6.45) is 0. The van der Waals surface area contributed by atoms with Crippen molar-refractivity contribution in [3.05, 3.63) is 15.8 Å². The second-order valence-electron chi connectivity index (χ2n) is 5.41. The number of aryl methyl sites for hydroxylation is 1. The maximum atomic E-state index is 11.8. The van der Waals surface area contributed by atoms with Crippen LogP contribution in [0.5, 0.6) is 0 Å². The lowest BCUT2D eigenvalue weighted by atomic mass is 9.96. The fraction of sp³-hybridized carbons (Fsp3) is 0.462. The molecular weight excluding hydrogens is 280 g/mol. The van der Waals surface area contributed by atoms with Crippen LogP contribution < -0.4 is 10.6 Å². The van der Waals surface area contributed by atoms with Gasteiger partial charge in [0.05, 0.1) is 12.2 Å². The number of carbonyl (C=O) groups excluding carboxylic acids is 2.